The third-order valence-electron chi connectivity index (χ3n) is 3.49. The lowest BCUT2D eigenvalue weighted by Gasteiger charge is -2.12. The van der Waals surface area contributed by atoms with Crippen molar-refractivity contribution in [3.63, 3.8) is 0 Å². The highest BCUT2D eigenvalue weighted by Crippen LogP contribution is 2.30. The van der Waals surface area contributed by atoms with Crippen molar-refractivity contribution >= 4 is 57.6 Å². The van der Waals surface area contributed by atoms with Gasteiger partial charge in [0, 0.05) is 27.9 Å². The molecule has 3 aromatic rings. The van der Waals surface area contributed by atoms with Gasteiger partial charge in [0.1, 0.15) is 11.5 Å². The molecule has 9 heteroatoms. The number of nitrogens with zero attached hydrogens (tertiary/aromatic N) is 1. The molecule has 6 nitrogen and oxygen atoms in total. The van der Waals surface area contributed by atoms with Crippen molar-refractivity contribution in [2.75, 3.05) is 10.6 Å². The number of hydrogen-bond acceptors (Lipinski definition) is 4. The molecular formula is C19H13Cl2N3O3S. The summed E-state index contributed by atoms with van der Waals surface area (Å²) in [5.74, 6) is 0.778. The molecule has 2 N–H and O–H groups in total. The predicted molar refractivity (Wildman–Crippen MR) is 116 cm³/mol. The van der Waals surface area contributed by atoms with Crippen LogP contribution in [0.15, 0.2) is 66.7 Å². The van der Waals surface area contributed by atoms with Crippen LogP contribution < -0.4 is 15.4 Å². The van der Waals surface area contributed by atoms with Gasteiger partial charge >= 0.3 is 0 Å². The van der Waals surface area contributed by atoms with E-state index in [1.54, 1.807) is 54.6 Å². The molecule has 0 atom stereocenters. The molecular weight excluding hydrogens is 421 g/mol. The number of nitrogens with one attached hydrogen (secondary N) is 2. The highest BCUT2D eigenvalue weighted by molar-refractivity contribution is 7.80. The number of benzene rings is 3. The summed E-state index contributed by atoms with van der Waals surface area (Å²) in [6.07, 6.45) is 0. The summed E-state index contributed by atoms with van der Waals surface area (Å²) in [4.78, 5) is 10.8. The van der Waals surface area contributed by atoms with Crippen molar-refractivity contribution in [3.05, 3.63) is 86.9 Å². The molecule has 0 aliphatic heterocycles. The summed E-state index contributed by atoms with van der Waals surface area (Å²) in [5, 5.41) is 18.5. The standard InChI is InChI=1S/C19H13Cl2N3O3S/c20-12-4-6-17(7-5-12)27-18-10-15(9-16(11-18)24(25)26)23-19(28)22-14-3-1-2-13(21)8-14/h1-11H,(H2,22,23,28). The zero-order chi connectivity index (χ0) is 20.1. The molecule has 0 unspecified atom stereocenters. The fourth-order valence-corrected chi connectivity index (χ4v) is 2.87. The van der Waals surface area contributed by atoms with Crippen molar-refractivity contribution in [1.29, 1.82) is 0 Å². The molecule has 0 heterocycles. The lowest BCUT2D eigenvalue weighted by atomic mass is 10.2. The Morgan fingerprint density at radius 3 is 2.29 bits per heavy atom. The molecule has 0 aliphatic carbocycles. The lowest BCUT2D eigenvalue weighted by Crippen LogP contribution is -2.19. The summed E-state index contributed by atoms with van der Waals surface area (Å²) in [6.45, 7) is 0. The average molecular weight is 434 g/mol. The Morgan fingerprint density at radius 1 is 0.893 bits per heavy atom. The molecule has 0 bridgehead atoms. The Morgan fingerprint density at radius 2 is 1.61 bits per heavy atom. The molecule has 0 amide bonds. The Kier molecular flexibility index (Phi) is 6.30. The van der Waals surface area contributed by atoms with Crippen molar-refractivity contribution < 1.29 is 9.66 Å². The van der Waals surface area contributed by atoms with Crippen LogP contribution in [0.25, 0.3) is 0 Å². The van der Waals surface area contributed by atoms with Gasteiger partial charge in [-0.3, -0.25) is 10.1 Å². The molecule has 0 saturated heterocycles. The first-order valence-electron chi connectivity index (χ1n) is 7.95. The van der Waals surface area contributed by atoms with E-state index in [2.05, 4.69) is 10.6 Å². The molecule has 0 aromatic heterocycles. The quantitative estimate of drug-likeness (QED) is 0.271. The minimum atomic E-state index is -0.507. The number of hydrogen-bond donors (Lipinski definition) is 2. The minimum absolute atomic E-state index is 0.139. The van der Waals surface area contributed by atoms with E-state index in [1.807, 2.05) is 0 Å². The number of nitro benzene ring substituents is 1. The predicted octanol–water partition coefficient (Wildman–Crippen LogP) is 6.50. The van der Waals surface area contributed by atoms with E-state index in [4.69, 9.17) is 40.2 Å². The van der Waals surface area contributed by atoms with Crippen molar-refractivity contribution in [3.8, 4) is 11.5 Å². The van der Waals surface area contributed by atoms with E-state index < -0.39 is 4.92 Å². The fraction of sp³-hybridized carbons (Fsp3) is 0. The maximum atomic E-state index is 11.3. The van der Waals surface area contributed by atoms with Gasteiger partial charge in [0.05, 0.1) is 16.7 Å². The third kappa shape index (κ3) is 5.56. The second-order valence-electron chi connectivity index (χ2n) is 5.62. The van der Waals surface area contributed by atoms with E-state index in [9.17, 15) is 10.1 Å². The van der Waals surface area contributed by atoms with Crippen LogP contribution in [0.2, 0.25) is 10.0 Å². The smallest absolute Gasteiger partial charge is 0.275 e. The van der Waals surface area contributed by atoms with E-state index in [1.165, 1.54) is 12.1 Å². The molecule has 0 aliphatic rings. The molecule has 3 rings (SSSR count). The van der Waals surface area contributed by atoms with Crippen LogP contribution in [0, 0.1) is 10.1 Å². The van der Waals surface area contributed by atoms with Crippen molar-refractivity contribution in [2.45, 2.75) is 0 Å². The zero-order valence-corrected chi connectivity index (χ0v) is 16.5. The number of anilines is 2. The van der Waals surface area contributed by atoms with E-state index >= 15 is 0 Å². The first-order valence-corrected chi connectivity index (χ1v) is 9.12. The lowest BCUT2D eigenvalue weighted by molar-refractivity contribution is -0.384. The van der Waals surface area contributed by atoms with Crippen LogP contribution in [0.1, 0.15) is 0 Å². The minimum Gasteiger partial charge on any atom is -0.457 e. The van der Waals surface area contributed by atoms with Crippen molar-refractivity contribution in [1.82, 2.24) is 0 Å². The van der Waals surface area contributed by atoms with Gasteiger partial charge in [0.2, 0.25) is 0 Å². The van der Waals surface area contributed by atoms with Gasteiger partial charge in [-0.15, -0.1) is 0 Å². The van der Waals surface area contributed by atoms with Crippen LogP contribution in [0.3, 0.4) is 0 Å². The Labute approximate surface area is 176 Å². The Hall–Kier alpha value is -2.87. The van der Waals surface area contributed by atoms with Gasteiger partial charge in [-0.05, 0) is 54.7 Å². The highest BCUT2D eigenvalue weighted by atomic mass is 35.5. The zero-order valence-electron chi connectivity index (χ0n) is 14.2. The second-order valence-corrected chi connectivity index (χ2v) is 6.90. The topological polar surface area (TPSA) is 76.4 Å². The summed E-state index contributed by atoms with van der Waals surface area (Å²) in [6, 6.07) is 18.0. The first-order chi connectivity index (χ1) is 13.4. The van der Waals surface area contributed by atoms with Gasteiger partial charge in [0.15, 0.2) is 5.11 Å². The summed E-state index contributed by atoms with van der Waals surface area (Å²) >= 11 is 17.1. The Bertz CT molecular complexity index is 1030. The number of non-ortho nitro benzene ring substituents is 1. The second kappa shape index (κ2) is 8.88. The number of nitro groups is 1. The molecule has 0 fully saturated rings. The largest absolute Gasteiger partial charge is 0.457 e. The first kappa shape index (κ1) is 19.9. The van der Waals surface area contributed by atoms with Crippen LogP contribution in [0.4, 0.5) is 17.1 Å². The maximum Gasteiger partial charge on any atom is 0.275 e. The number of ether oxygens (including phenoxy) is 1. The monoisotopic (exact) mass is 433 g/mol. The van der Waals surface area contributed by atoms with E-state index in [-0.39, 0.29) is 16.5 Å². The van der Waals surface area contributed by atoms with Gasteiger partial charge in [-0.1, -0.05) is 29.3 Å². The van der Waals surface area contributed by atoms with Gasteiger partial charge < -0.3 is 15.4 Å². The SMILES string of the molecule is O=[N+]([O-])c1cc(NC(=S)Nc2cccc(Cl)c2)cc(Oc2ccc(Cl)cc2)c1. The Balaban J connectivity index is 1.79. The molecule has 3 aromatic carbocycles. The molecule has 142 valence electrons. The van der Waals surface area contributed by atoms with Crippen molar-refractivity contribution in [2.24, 2.45) is 0 Å². The summed E-state index contributed by atoms with van der Waals surface area (Å²) in [5.41, 5.74) is 0.949. The van der Waals surface area contributed by atoms with E-state index in [0.29, 0.717) is 27.2 Å². The normalized spacial score (nSPS) is 10.2. The number of rotatable bonds is 5. The fourth-order valence-electron chi connectivity index (χ4n) is 2.32. The van der Waals surface area contributed by atoms with Crippen LogP contribution in [0.5, 0.6) is 11.5 Å². The molecule has 0 spiro atoms. The third-order valence-corrected chi connectivity index (χ3v) is 4.18. The molecule has 28 heavy (non-hydrogen) atoms. The van der Waals surface area contributed by atoms with Crippen LogP contribution in [-0.4, -0.2) is 10.0 Å². The van der Waals surface area contributed by atoms with Crippen LogP contribution in [-0.2, 0) is 0 Å². The van der Waals surface area contributed by atoms with Gasteiger partial charge in [-0.25, -0.2) is 0 Å². The van der Waals surface area contributed by atoms with E-state index in [0.717, 1.165) is 0 Å². The highest BCUT2D eigenvalue weighted by Gasteiger charge is 2.12. The number of thiocarbonyl (C=S) groups is 1. The average Bonchev–Trinajstić information content (AvgIpc) is 2.63. The summed E-state index contributed by atoms with van der Waals surface area (Å²) in [7, 11) is 0. The summed E-state index contributed by atoms with van der Waals surface area (Å²) < 4.78 is 5.70. The van der Waals surface area contributed by atoms with Gasteiger partial charge in [0.25, 0.3) is 5.69 Å². The van der Waals surface area contributed by atoms with Crippen LogP contribution >= 0.6 is 35.4 Å². The molecule has 0 radical (unpaired) electrons. The van der Waals surface area contributed by atoms with Gasteiger partial charge in [-0.2, -0.15) is 0 Å². The maximum absolute atomic E-state index is 11.3. The number of halogens is 2. The molecule has 0 saturated carbocycles.